The summed E-state index contributed by atoms with van der Waals surface area (Å²) in [6.45, 7) is 3.28. The summed E-state index contributed by atoms with van der Waals surface area (Å²) in [5.74, 6) is -1.36. The highest BCUT2D eigenvalue weighted by atomic mass is 19.1. The first-order chi connectivity index (χ1) is 7.41. The lowest BCUT2D eigenvalue weighted by Crippen LogP contribution is -2.18. The van der Waals surface area contributed by atoms with Crippen molar-refractivity contribution >= 4 is 17.3 Å². The SMILES string of the molecule is CC(C)C(=O)Nc1cc(F)ccc1[N+](=O)[O-]. The van der Waals surface area contributed by atoms with Crippen molar-refractivity contribution in [3.63, 3.8) is 0 Å². The Morgan fingerprint density at radius 3 is 2.62 bits per heavy atom. The second-order valence-electron chi connectivity index (χ2n) is 3.56. The molecular weight excluding hydrogens is 215 g/mol. The fraction of sp³-hybridized carbons (Fsp3) is 0.300. The molecule has 0 aliphatic heterocycles. The second kappa shape index (κ2) is 4.69. The third kappa shape index (κ3) is 2.75. The molecule has 1 N–H and O–H groups in total. The summed E-state index contributed by atoms with van der Waals surface area (Å²) >= 11 is 0. The highest BCUT2D eigenvalue weighted by Crippen LogP contribution is 2.25. The van der Waals surface area contributed by atoms with Crippen LogP contribution in [0.15, 0.2) is 18.2 Å². The molecule has 6 heteroatoms. The molecule has 0 saturated carbocycles. The molecule has 5 nitrogen and oxygen atoms in total. The van der Waals surface area contributed by atoms with Crippen LogP contribution < -0.4 is 5.32 Å². The molecule has 1 aromatic rings. The summed E-state index contributed by atoms with van der Waals surface area (Å²) in [6, 6.07) is 2.92. The third-order valence-electron chi connectivity index (χ3n) is 1.94. The maximum Gasteiger partial charge on any atom is 0.292 e. The maximum atomic E-state index is 12.9. The Hall–Kier alpha value is -1.98. The number of carbonyl (C=O) groups excluding carboxylic acids is 1. The molecule has 0 spiro atoms. The number of nitro benzene ring substituents is 1. The minimum atomic E-state index is -0.671. The Kier molecular flexibility index (Phi) is 3.55. The van der Waals surface area contributed by atoms with Gasteiger partial charge in [-0.3, -0.25) is 14.9 Å². The van der Waals surface area contributed by atoms with Crippen LogP contribution >= 0.6 is 0 Å². The van der Waals surface area contributed by atoms with Gasteiger partial charge in [-0.05, 0) is 6.07 Å². The number of amides is 1. The largest absolute Gasteiger partial charge is 0.320 e. The normalized spacial score (nSPS) is 10.2. The molecule has 0 radical (unpaired) electrons. The highest BCUT2D eigenvalue weighted by Gasteiger charge is 2.17. The van der Waals surface area contributed by atoms with Crippen LogP contribution in [0.3, 0.4) is 0 Å². The summed E-state index contributed by atoms with van der Waals surface area (Å²) < 4.78 is 12.9. The monoisotopic (exact) mass is 226 g/mol. The number of anilines is 1. The van der Waals surface area contributed by atoms with Crippen LogP contribution in [0.2, 0.25) is 0 Å². The molecule has 0 fully saturated rings. The Labute approximate surface area is 91.4 Å². The lowest BCUT2D eigenvalue weighted by molar-refractivity contribution is -0.384. The average Bonchev–Trinajstić information content (AvgIpc) is 2.16. The number of hydrogen-bond acceptors (Lipinski definition) is 3. The summed E-state index contributed by atoms with van der Waals surface area (Å²) in [4.78, 5) is 21.3. The van der Waals surface area contributed by atoms with Gasteiger partial charge in [0.15, 0.2) is 0 Å². The van der Waals surface area contributed by atoms with Crippen molar-refractivity contribution in [1.82, 2.24) is 0 Å². The van der Waals surface area contributed by atoms with Crippen molar-refractivity contribution in [3.8, 4) is 0 Å². The summed E-state index contributed by atoms with van der Waals surface area (Å²) in [7, 11) is 0. The first-order valence-corrected chi connectivity index (χ1v) is 4.66. The summed E-state index contributed by atoms with van der Waals surface area (Å²) in [5, 5.41) is 12.9. The van der Waals surface area contributed by atoms with Crippen molar-refractivity contribution in [3.05, 3.63) is 34.1 Å². The van der Waals surface area contributed by atoms with Crippen LogP contribution in [0.1, 0.15) is 13.8 Å². The highest BCUT2D eigenvalue weighted by molar-refractivity contribution is 5.94. The van der Waals surface area contributed by atoms with Gasteiger partial charge in [0.25, 0.3) is 5.69 Å². The zero-order valence-electron chi connectivity index (χ0n) is 8.86. The van der Waals surface area contributed by atoms with E-state index in [0.717, 1.165) is 18.2 Å². The van der Waals surface area contributed by atoms with Crippen molar-refractivity contribution in [2.24, 2.45) is 5.92 Å². The van der Waals surface area contributed by atoms with E-state index in [1.54, 1.807) is 13.8 Å². The van der Waals surface area contributed by atoms with E-state index < -0.39 is 16.6 Å². The van der Waals surface area contributed by atoms with E-state index in [9.17, 15) is 19.3 Å². The van der Waals surface area contributed by atoms with E-state index in [-0.39, 0.29) is 17.3 Å². The average molecular weight is 226 g/mol. The zero-order valence-corrected chi connectivity index (χ0v) is 8.86. The van der Waals surface area contributed by atoms with E-state index in [0.29, 0.717) is 0 Å². The molecule has 0 unspecified atom stereocenters. The molecule has 86 valence electrons. The molecule has 0 heterocycles. The number of nitrogens with one attached hydrogen (secondary N) is 1. The molecule has 1 rings (SSSR count). The Morgan fingerprint density at radius 2 is 2.12 bits per heavy atom. The van der Waals surface area contributed by atoms with Gasteiger partial charge in [-0.15, -0.1) is 0 Å². The van der Waals surface area contributed by atoms with Crippen LogP contribution in [0, 0.1) is 21.8 Å². The Bertz CT molecular complexity index is 432. The number of halogens is 1. The van der Waals surface area contributed by atoms with Gasteiger partial charge in [0.1, 0.15) is 11.5 Å². The van der Waals surface area contributed by atoms with Crippen molar-refractivity contribution < 1.29 is 14.1 Å². The van der Waals surface area contributed by atoms with Gasteiger partial charge < -0.3 is 5.32 Å². The molecule has 0 aliphatic rings. The predicted molar refractivity (Wildman–Crippen MR) is 56.5 cm³/mol. The minimum Gasteiger partial charge on any atom is -0.320 e. The van der Waals surface area contributed by atoms with E-state index in [1.807, 2.05) is 0 Å². The van der Waals surface area contributed by atoms with Gasteiger partial charge in [0.2, 0.25) is 5.91 Å². The van der Waals surface area contributed by atoms with Gasteiger partial charge in [-0.1, -0.05) is 13.8 Å². The fourth-order valence-electron chi connectivity index (χ4n) is 1.04. The molecule has 0 aromatic heterocycles. The standard InChI is InChI=1S/C10H11FN2O3/c1-6(2)10(14)12-8-5-7(11)3-4-9(8)13(15)16/h3-6H,1-2H3,(H,12,14). The van der Waals surface area contributed by atoms with Gasteiger partial charge in [0, 0.05) is 18.1 Å². The van der Waals surface area contributed by atoms with Gasteiger partial charge in [-0.25, -0.2) is 4.39 Å². The number of benzene rings is 1. The Balaban J connectivity index is 3.06. The number of nitro groups is 1. The summed E-state index contributed by atoms with van der Waals surface area (Å²) in [6.07, 6.45) is 0. The van der Waals surface area contributed by atoms with E-state index in [1.165, 1.54) is 0 Å². The number of carbonyl (C=O) groups is 1. The molecule has 16 heavy (non-hydrogen) atoms. The van der Waals surface area contributed by atoms with Crippen molar-refractivity contribution in [1.29, 1.82) is 0 Å². The van der Waals surface area contributed by atoms with Gasteiger partial charge in [0.05, 0.1) is 4.92 Å². The van der Waals surface area contributed by atoms with Crippen LogP contribution in [0.25, 0.3) is 0 Å². The van der Waals surface area contributed by atoms with Crippen LogP contribution in [-0.4, -0.2) is 10.8 Å². The lowest BCUT2D eigenvalue weighted by Gasteiger charge is -2.07. The Morgan fingerprint density at radius 1 is 1.50 bits per heavy atom. The molecule has 0 aliphatic carbocycles. The van der Waals surface area contributed by atoms with Crippen molar-refractivity contribution in [2.75, 3.05) is 5.32 Å². The molecule has 0 saturated heterocycles. The second-order valence-corrected chi connectivity index (χ2v) is 3.56. The molecule has 1 aromatic carbocycles. The molecule has 0 atom stereocenters. The number of nitrogens with zero attached hydrogens (tertiary/aromatic N) is 1. The van der Waals surface area contributed by atoms with E-state index in [4.69, 9.17) is 0 Å². The maximum absolute atomic E-state index is 12.9. The fourth-order valence-corrected chi connectivity index (χ4v) is 1.04. The van der Waals surface area contributed by atoms with Crippen LogP contribution in [0.4, 0.5) is 15.8 Å². The topological polar surface area (TPSA) is 72.2 Å². The molecule has 1 amide bonds. The minimum absolute atomic E-state index is 0.122. The quantitative estimate of drug-likeness (QED) is 0.635. The molecule has 0 bridgehead atoms. The lowest BCUT2D eigenvalue weighted by atomic mass is 10.2. The van der Waals surface area contributed by atoms with Crippen molar-refractivity contribution in [2.45, 2.75) is 13.8 Å². The summed E-state index contributed by atoms with van der Waals surface area (Å²) in [5.41, 5.74) is -0.445. The van der Waals surface area contributed by atoms with Gasteiger partial charge >= 0.3 is 0 Å². The molecular formula is C10H11FN2O3. The first-order valence-electron chi connectivity index (χ1n) is 4.66. The van der Waals surface area contributed by atoms with Crippen LogP contribution in [0.5, 0.6) is 0 Å². The smallest absolute Gasteiger partial charge is 0.292 e. The first kappa shape index (κ1) is 12.1. The number of rotatable bonds is 3. The number of hydrogen-bond donors (Lipinski definition) is 1. The third-order valence-corrected chi connectivity index (χ3v) is 1.94. The van der Waals surface area contributed by atoms with Gasteiger partial charge in [-0.2, -0.15) is 0 Å². The predicted octanol–water partition coefficient (Wildman–Crippen LogP) is 2.33. The van der Waals surface area contributed by atoms with E-state index >= 15 is 0 Å². The van der Waals surface area contributed by atoms with Crippen LogP contribution in [-0.2, 0) is 4.79 Å². The van der Waals surface area contributed by atoms with E-state index in [2.05, 4.69) is 5.32 Å². The zero-order chi connectivity index (χ0) is 12.3.